The summed E-state index contributed by atoms with van der Waals surface area (Å²) < 4.78 is 7.83. The van der Waals surface area contributed by atoms with Crippen molar-refractivity contribution in [3.63, 3.8) is 0 Å². The van der Waals surface area contributed by atoms with E-state index in [1.807, 2.05) is 4.68 Å². The summed E-state index contributed by atoms with van der Waals surface area (Å²) in [4.78, 5) is 0. The van der Waals surface area contributed by atoms with Crippen LogP contribution in [0.25, 0.3) is 0 Å². The van der Waals surface area contributed by atoms with Crippen LogP contribution in [-0.4, -0.2) is 34.8 Å². The summed E-state index contributed by atoms with van der Waals surface area (Å²) in [6, 6.07) is 0. The van der Waals surface area contributed by atoms with Crippen molar-refractivity contribution < 1.29 is 4.74 Å². The van der Waals surface area contributed by atoms with E-state index in [1.165, 1.54) is 18.5 Å². The molecular formula is C12H20N4O. The van der Waals surface area contributed by atoms with Gasteiger partial charge in [-0.25, -0.2) is 4.68 Å². The molecule has 17 heavy (non-hydrogen) atoms. The lowest BCUT2D eigenvalue weighted by Gasteiger charge is -2.23. The molecule has 5 nitrogen and oxygen atoms in total. The van der Waals surface area contributed by atoms with Gasteiger partial charge in [0, 0.05) is 32.2 Å². The van der Waals surface area contributed by atoms with E-state index in [-0.39, 0.29) is 0 Å². The molecule has 1 aromatic heterocycles. The number of aryl methyl sites for hydroxylation is 1. The minimum absolute atomic E-state index is 0.410. The zero-order chi connectivity index (χ0) is 11.7. The van der Waals surface area contributed by atoms with Gasteiger partial charge in [0.15, 0.2) is 0 Å². The largest absolute Gasteiger partial charge is 0.380 e. The Labute approximate surface area is 102 Å². The average Bonchev–Trinajstić information content (AvgIpc) is 3.07. The van der Waals surface area contributed by atoms with Crippen LogP contribution in [0.5, 0.6) is 0 Å². The fraction of sp³-hybridized carbons (Fsp3) is 0.833. The molecule has 0 bridgehead atoms. The molecule has 0 aromatic carbocycles. The van der Waals surface area contributed by atoms with Crippen LogP contribution in [0.2, 0.25) is 0 Å². The first-order chi connectivity index (χ1) is 8.38. The van der Waals surface area contributed by atoms with Gasteiger partial charge in [0.05, 0.1) is 12.3 Å². The number of ether oxygens (including phenoxy) is 1. The van der Waals surface area contributed by atoms with Crippen molar-refractivity contribution in [1.29, 1.82) is 0 Å². The van der Waals surface area contributed by atoms with Gasteiger partial charge in [-0.1, -0.05) is 5.21 Å². The zero-order valence-electron chi connectivity index (χ0n) is 10.4. The second-order valence-electron chi connectivity index (χ2n) is 5.05. The molecule has 0 amide bonds. The molecule has 0 radical (unpaired) electrons. The van der Waals surface area contributed by atoms with Crippen molar-refractivity contribution in [2.45, 2.75) is 38.8 Å². The molecule has 1 saturated carbocycles. The highest BCUT2D eigenvalue weighted by Gasteiger charge is 2.27. The van der Waals surface area contributed by atoms with Crippen molar-refractivity contribution in [3.05, 3.63) is 11.4 Å². The maximum atomic E-state index is 5.81. The number of nitrogens with zero attached hydrogens (tertiary/aromatic N) is 3. The Hall–Kier alpha value is -0.940. The van der Waals surface area contributed by atoms with Gasteiger partial charge in [0.2, 0.25) is 0 Å². The molecule has 1 unspecified atom stereocenters. The first-order valence-corrected chi connectivity index (χ1v) is 6.59. The molecular weight excluding hydrogens is 216 g/mol. The normalized spacial score (nSPS) is 23.7. The number of hydrogen-bond acceptors (Lipinski definition) is 4. The fourth-order valence-corrected chi connectivity index (χ4v) is 2.42. The van der Waals surface area contributed by atoms with Gasteiger partial charge in [-0.05, 0) is 25.7 Å². The molecule has 1 aliphatic carbocycles. The minimum Gasteiger partial charge on any atom is -0.380 e. The average molecular weight is 236 g/mol. The van der Waals surface area contributed by atoms with Gasteiger partial charge >= 0.3 is 0 Å². The Kier molecular flexibility index (Phi) is 3.11. The summed E-state index contributed by atoms with van der Waals surface area (Å²) in [6.07, 6.45) is 2.70. The van der Waals surface area contributed by atoms with Crippen molar-refractivity contribution in [2.24, 2.45) is 5.92 Å². The second kappa shape index (κ2) is 4.74. The number of nitrogens with one attached hydrogen (secondary N) is 1. The van der Waals surface area contributed by atoms with Crippen LogP contribution in [0.3, 0.4) is 0 Å². The lowest BCUT2D eigenvalue weighted by atomic mass is 10.0. The molecule has 1 aromatic rings. The smallest absolute Gasteiger partial charge is 0.100 e. The molecule has 0 spiro atoms. The molecule has 1 fully saturated rings. The van der Waals surface area contributed by atoms with Gasteiger partial charge < -0.3 is 10.1 Å². The van der Waals surface area contributed by atoms with Crippen molar-refractivity contribution in [2.75, 3.05) is 19.8 Å². The number of aromatic nitrogens is 3. The Morgan fingerprint density at radius 1 is 1.41 bits per heavy atom. The topological polar surface area (TPSA) is 52.0 Å². The second-order valence-corrected chi connectivity index (χ2v) is 5.05. The lowest BCUT2D eigenvalue weighted by Crippen LogP contribution is -2.32. The maximum Gasteiger partial charge on any atom is 0.100 e. The van der Waals surface area contributed by atoms with E-state index in [0.717, 1.165) is 44.5 Å². The quantitative estimate of drug-likeness (QED) is 0.825. The van der Waals surface area contributed by atoms with Crippen molar-refractivity contribution in [1.82, 2.24) is 20.3 Å². The van der Waals surface area contributed by atoms with Gasteiger partial charge in [-0.3, -0.25) is 0 Å². The summed E-state index contributed by atoms with van der Waals surface area (Å²) >= 11 is 0. The van der Waals surface area contributed by atoms with Gasteiger partial charge in [0.25, 0.3) is 0 Å². The predicted molar refractivity (Wildman–Crippen MR) is 63.7 cm³/mol. The van der Waals surface area contributed by atoms with Crippen molar-refractivity contribution >= 4 is 0 Å². The van der Waals surface area contributed by atoms with Crippen LogP contribution in [0.15, 0.2) is 0 Å². The van der Waals surface area contributed by atoms with Crippen LogP contribution < -0.4 is 5.32 Å². The van der Waals surface area contributed by atoms with E-state index in [4.69, 9.17) is 4.74 Å². The molecule has 5 heteroatoms. The maximum absolute atomic E-state index is 5.81. The van der Waals surface area contributed by atoms with Crippen LogP contribution in [0, 0.1) is 5.92 Å². The Bertz CT molecular complexity index is 372. The molecule has 3 rings (SSSR count). The third kappa shape index (κ3) is 2.35. The van der Waals surface area contributed by atoms with Gasteiger partial charge in [0.1, 0.15) is 5.69 Å². The number of hydrogen-bond donors (Lipinski definition) is 1. The van der Waals surface area contributed by atoms with E-state index in [9.17, 15) is 0 Å². The molecule has 2 heterocycles. The molecule has 1 N–H and O–H groups in total. The number of fused-ring (bicyclic) bond motifs is 1. The molecule has 2 aliphatic rings. The minimum atomic E-state index is 0.410. The van der Waals surface area contributed by atoms with Gasteiger partial charge in [-0.15, -0.1) is 5.10 Å². The zero-order valence-corrected chi connectivity index (χ0v) is 10.4. The first kappa shape index (κ1) is 11.2. The van der Waals surface area contributed by atoms with E-state index in [2.05, 4.69) is 22.6 Å². The van der Waals surface area contributed by atoms with Crippen LogP contribution in [-0.2, 0) is 17.8 Å². The summed E-state index contributed by atoms with van der Waals surface area (Å²) in [5, 5.41) is 11.8. The molecule has 94 valence electrons. The van der Waals surface area contributed by atoms with E-state index >= 15 is 0 Å². The summed E-state index contributed by atoms with van der Waals surface area (Å²) in [7, 11) is 0. The van der Waals surface area contributed by atoms with Gasteiger partial charge in [-0.2, -0.15) is 0 Å². The highest BCUT2D eigenvalue weighted by atomic mass is 16.5. The molecule has 1 aliphatic heterocycles. The first-order valence-electron chi connectivity index (χ1n) is 6.59. The van der Waals surface area contributed by atoms with Crippen LogP contribution in [0.4, 0.5) is 0 Å². The third-order valence-electron chi connectivity index (χ3n) is 3.59. The summed E-state index contributed by atoms with van der Waals surface area (Å²) in [5.41, 5.74) is 2.38. The summed E-state index contributed by atoms with van der Waals surface area (Å²) in [5.74, 6) is 1.24. The van der Waals surface area contributed by atoms with E-state index in [1.54, 1.807) is 0 Å². The standard InChI is InChI=1S/C12H20N4O/c1-2-16-12-10(8-17-7-9-3-4-9)5-13-6-11(12)14-15-16/h9-10,13H,2-8H2,1H3. The Morgan fingerprint density at radius 2 is 2.29 bits per heavy atom. The predicted octanol–water partition coefficient (Wildman–Crippen LogP) is 0.911. The van der Waals surface area contributed by atoms with Crippen LogP contribution >= 0.6 is 0 Å². The Morgan fingerprint density at radius 3 is 3.06 bits per heavy atom. The fourth-order valence-electron chi connectivity index (χ4n) is 2.42. The lowest BCUT2D eigenvalue weighted by molar-refractivity contribution is 0.106. The molecule has 1 atom stereocenters. The van der Waals surface area contributed by atoms with Crippen molar-refractivity contribution in [3.8, 4) is 0 Å². The highest BCUT2D eigenvalue weighted by molar-refractivity contribution is 5.19. The van der Waals surface area contributed by atoms with E-state index < -0.39 is 0 Å². The SMILES string of the molecule is CCn1nnc2c1C(COCC1CC1)CNC2. The molecule has 0 saturated heterocycles. The monoisotopic (exact) mass is 236 g/mol. The number of rotatable bonds is 5. The van der Waals surface area contributed by atoms with Crippen LogP contribution in [0.1, 0.15) is 37.1 Å². The van der Waals surface area contributed by atoms with E-state index in [0.29, 0.717) is 5.92 Å². The third-order valence-corrected chi connectivity index (χ3v) is 3.59. The highest BCUT2D eigenvalue weighted by Crippen LogP contribution is 2.30. The summed E-state index contributed by atoms with van der Waals surface area (Å²) in [6.45, 7) is 6.55. The Balaban J connectivity index is 1.66.